The number of pyridine rings is 1. The summed E-state index contributed by atoms with van der Waals surface area (Å²) in [7, 11) is 4.03. The van der Waals surface area contributed by atoms with Crippen LogP contribution in [0.25, 0.3) is 0 Å². The van der Waals surface area contributed by atoms with Crippen LogP contribution in [0.15, 0.2) is 23.1 Å². The van der Waals surface area contributed by atoms with Crippen molar-refractivity contribution in [1.29, 1.82) is 0 Å². The van der Waals surface area contributed by atoms with E-state index in [9.17, 15) is 14.7 Å². The van der Waals surface area contributed by atoms with Gasteiger partial charge in [0.05, 0.1) is 0 Å². The number of amides is 1. The van der Waals surface area contributed by atoms with Gasteiger partial charge in [-0.25, -0.2) is 0 Å². The summed E-state index contributed by atoms with van der Waals surface area (Å²) >= 11 is 0. The lowest BCUT2D eigenvalue weighted by molar-refractivity contribution is 0.0477. The molecule has 0 radical (unpaired) electrons. The van der Waals surface area contributed by atoms with Crippen LogP contribution in [0.4, 0.5) is 0 Å². The van der Waals surface area contributed by atoms with Gasteiger partial charge in [0, 0.05) is 50.6 Å². The highest BCUT2D eigenvalue weighted by Crippen LogP contribution is 2.23. The zero-order chi connectivity index (χ0) is 17.0. The van der Waals surface area contributed by atoms with Gasteiger partial charge in [-0.1, -0.05) is 0 Å². The summed E-state index contributed by atoms with van der Waals surface area (Å²) in [5, 5.41) is 9.52. The van der Waals surface area contributed by atoms with Gasteiger partial charge in [0.1, 0.15) is 0 Å². The van der Waals surface area contributed by atoms with Crippen molar-refractivity contribution in [2.75, 3.05) is 40.3 Å². The smallest absolute Gasteiger partial charge is 0.254 e. The highest BCUT2D eigenvalue weighted by Gasteiger charge is 2.30. The first-order valence-electron chi connectivity index (χ1n) is 8.20. The number of piperidine rings is 1. The molecule has 1 aromatic heterocycles. The minimum Gasteiger partial charge on any atom is -0.396 e. The Morgan fingerprint density at radius 1 is 1.35 bits per heavy atom. The van der Waals surface area contributed by atoms with Gasteiger partial charge < -0.3 is 19.5 Å². The number of rotatable bonds is 5. The minimum atomic E-state index is -0.154. The molecule has 23 heavy (non-hydrogen) atoms. The number of hydrogen-bond donors (Lipinski definition) is 1. The molecule has 6 nitrogen and oxygen atoms in total. The van der Waals surface area contributed by atoms with Crippen LogP contribution in [0.5, 0.6) is 0 Å². The largest absolute Gasteiger partial charge is 0.396 e. The average Bonchev–Trinajstić information content (AvgIpc) is 2.53. The first kappa shape index (κ1) is 17.7. The molecule has 0 bridgehead atoms. The monoisotopic (exact) mass is 321 g/mol. The number of carbonyl (C=O) groups is 1. The summed E-state index contributed by atoms with van der Waals surface area (Å²) in [6, 6.07) is 3.12. The second-order valence-corrected chi connectivity index (χ2v) is 6.66. The van der Waals surface area contributed by atoms with E-state index in [1.165, 1.54) is 6.07 Å². The lowest BCUT2D eigenvalue weighted by Gasteiger charge is -2.38. The van der Waals surface area contributed by atoms with E-state index in [0.717, 1.165) is 13.0 Å². The average molecular weight is 321 g/mol. The maximum atomic E-state index is 12.7. The summed E-state index contributed by atoms with van der Waals surface area (Å²) in [5.41, 5.74) is 0.279. The van der Waals surface area contributed by atoms with Crippen molar-refractivity contribution in [3.8, 4) is 0 Å². The van der Waals surface area contributed by atoms with E-state index >= 15 is 0 Å². The predicted octanol–water partition coefficient (Wildman–Crippen LogP) is 0.500. The SMILES string of the molecule is CCn1ccc(C(=O)N2C[C@@H](CO)C[C@@H](CN(C)C)C2)cc1=O. The second kappa shape index (κ2) is 7.75. The lowest BCUT2D eigenvalue weighted by Crippen LogP contribution is -2.47. The molecule has 1 aliphatic rings. The van der Waals surface area contributed by atoms with E-state index in [4.69, 9.17) is 0 Å². The Bertz CT molecular complexity index is 597. The quantitative estimate of drug-likeness (QED) is 0.858. The Kier molecular flexibility index (Phi) is 5.96. The Morgan fingerprint density at radius 2 is 2.04 bits per heavy atom. The van der Waals surface area contributed by atoms with Crippen molar-refractivity contribution in [3.63, 3.8) is 0 Å². The Labute approximate surface area is 137 Å². The van der Waals surface area contributed by atoms with Gasteiger partial charge in [-0.15, -0.1) is 0 Å². The van der Waals surface area contributed by atoms with Gasteiger partial charge in [-0.2, -0.15) is 0 Å². The number of aliphatic hydroxyl groups excluding tert-OH is 1. The highest BCUT2D eigenvalue weighted by atomic mass is 16.3. The van der Waals surface area contributed by atoms with Crippen LogP contribution in [-0.2, 0) is 6.54 Å². The van der Waals surface area contributed by atoms with E-state index in [0.29, 0.717) is 31.1 Å². The van der Waals surface area contributed by atoms with Crippen LogP contribution < -0.4 is 5.56 Å². The minimum absolute atomic E-state index is 0.0884. The van der Waals surface area contributed by atoms with Gasteiger partial charge in [-0.05, 0) is 45.3 Å². The Balaban J connectivity index is 2.16. The molecule has 1 amide bonds. The number of likely N-dealkylation sites (tertiary alicyclic amines) is 1. The molecule has 0 spiro atoms. The molecule has 6 heteroatoms. The first-order chi connectivity index (χ1) is 10.9. The van der Waals surface area contributed by atoms with Crippen molar-refractivity contribution in [3.05, 3.63) is 34.2 Å². The molecule has 1 aliphatic heterocycles. The number of aliphatic hydroxyl groups is 1. The Hall–Kier alpha value is -1.66. The molecule has 2 heterocycles. The fourth-order valence-corrected chi connectivity index (χ4v) is 3.35. The molecule has 1 N–H and O–H groups in total. The molecule has 128 valence electrons. The van der Waals surface area contributed by atoms with E-state index in [2.05, 4.69) is 4.90 Å². The van der Waals surface area contributed by atoms with E-state index < -0.39 is 0 Å². The molecule has 0 saturated carbocycles. The third-order valence-electron chi connectivity index (χ3n) is 4.38. The summed E-state index contributed by atoms with van der Waals surface area (Å²) in [6.07, 6.45) is 2.59. The summed E-state index contributed by atoms with van der Waals surface area (Å²) in [6.45, 7) is 4.68. The van der Waals surface area contributed by atoms with Crippen molar-refractivity contribution >= 4 is 5.91 Å². The van der Waals surface area contributed by atoms with Crippen molar-refractivity contribution in [2.24, 2.45) is 11.8 Å². The molecular weight excluding hydrogens is 294 g/mol. The second-order valence-electron chi connectivity index (χ2n) is 6.66. The van der Waals surface area contributed by atoms with E-state index in [1.807, 2.05) is 21.0 Å². The molecule has 0 aromatic carbocycles. The topological polar surface area (TPSA) is 65.8 Å². The van der Waals surface area contributed by atoms with Gasteiger partial charge in [0.15, 0.2) is 0 Å². The van der Waals surface area contributed by atoms with Gasteiger partial charge in [-0.3, -0.25) is 9.59 Å². The fraction of sp³-hybridized carbons (Fsp3) is 0.647. The normalized spacial score (nSPS) is 21.7. The predicted molar refractivity (Wildman–Crippen MR) is 89.5 cm³/mol. The number of aromatic nitrogens is 1. The maximum Gasteiger partial charge on any atom is 0.254 e. The number of nitrogens with zero attached hydrogens (tertiary/aromatic N) is 3. The van der Waals surface area contributed by atoms with Crippen molar-refractivity contribution in [2.45, 2.75) is 19.9 Å². The van der Waals surface area contributed by atoms with E-state index in [-0.39, 0.29) is 24.0 Å². The molecule has 0 aliphatic carbocycles. The third kappa shape index (κ3) is 4.42. The maximum absolute atomic E-state index is 12.7. The van der Waals surface area contributed by atoms with Crippen LogP contribution >= 0.6 is 0 Å². The van der Waals surface area contributed by atoms with Gasteiger partial charge in [0.25, 0.3) is 11.5 Å². The van der Waals surface area contributed by atoms with E-state index in [1.54, 1.807) is 21.7 Å². The third-order valence-corrected chi connectivity index (χ3v) is 4.38. The lowest BCUT2D eigenvalue weighted by atomic mass is 9.89. The molecule has 0 unspecified atom stereocenters. The molecule has 1 saturated heterocycles. The van der Waals surface area contributed by atoms with Crippen LogP contribution in [0.3, 0.4) is 0 Å². The molecule has 1 aromatic rings. The fourth-order valence-electron chi connectivity index (χ4n) is 3.35. The van der Waals surface area contributed by atoms with Crippen LogP contribution in [0.1, 0.15) is 23.7 Å². The van der Waals surface area contributed by atoms with Crippen molar-refractivity contribution < 1.29 is 9.90 Å². The first-order valence-corrected chi connectivity index (χ1v) is 8.20. The summed E-state index contributed by atoms with van der Waals surface area (Å²) < 4.78 is 1.57. The van der Waals surface area contributed by atoms with Crippen molar-refractivity contribution in [1.82, 2.24) is 14.4 Å². The summed E-state index contributed by atoms with van der Waals surface area (Å²) in [5.74, 6) is 0.330. The highest BCUT2D eigenvalue weighted by molar-refractivity contribution is 5.94. The Morgan fingerprint density at radius 3 is 2.61 bits per heavy atom. The van der Waals surface area contributed by atoms with Crippen LogP contribution in [-0.4, -0.2) is 65.7 Å². The number of carbonyl (C=O) groups excluding carboxylic acids is 1. The molecular formula is C17H27N3O3. The number of aryl methyl sites for hydroxylation is 1. The van der Waals surface area contributed by atoms with Gasteiger partial charge in [0.2, 0.25) is 0 Å². The standard InChI is InChI=1S/C17H27N3O3/c1-4-19-6-5-15(8-16(19)22)17(23)20-10-13(9-18(2)3)7-14(11-20)12-21/h5-6,8,13-14,21H,4,7,9-12H2,1-3H3/t13-,14-/m0/s1. The molecule has 1 fully saturated rings. The van der Waals surface area contributed by atoms with Crippen LogP contribution in [0, 0.1) is 11.8 Å². The van der Waals surface area contributed by atoms with Crippen LogP contribution in [0.2, 0.25) is 0 Å². The molecule has 2 rings (SSSR count). The number of hydrogen-bond acceptors (Lipinski definition) is 4. The molecule has 2 atom stereocenters. The zero-order valence-electron chi connectivity index (χ0n) is 14.2. The summed E-state index contributed by atoms with van der Waals surface area (Å²) in [4.78, 5) is 28.5. The van der Waals surface area contributed by atoms with Gasteiger partial charge >= 0.3 is 0 Å². The zero-order valence-corrected chi connectivity index (χ0v) is 14.2.